The molecule has 0 aromatic heterocycles. The summed E-state index contributed by atoms with van der Waals surface area (Å²) in [6, 6.07) is 0. The van der Waals surface area contributed by atoms with Crippen molar-refractivity contribution in [2.24, 2.45) is 22.5 Å². The number of rotatable bonds is 4. The third-order valence-electron chi connectivity index (χ3n) is 1.82. The van der Waals surface area contributed by atoms with Gasteiger partial charge in [-0.1, -0.05) is 26.1 Å². The summed E-state index contributed by atoms with van der Waals surface area (Å²) >= 11 is 4.95. The monoisotopic (exact) mass is 214 g/mol. The van der Waals surface area contributed by atoms with Gasteiger partial charge in [0.05, 0.1) is 0 Å². The van der Waals surface area contributed by atoms with E-state index in [1.807, 2.05) is 6.21 Å². The first-order valence-corrected chi connectivity index (χ1v) is 4.95. The number of nitrogens with two attached hydrogens (primary N) is 2. The molecule has 0 aromatic carbocycles. The molecule has 0 aromatic rings. The lowest BCUT2D eigenvalue weighted by atomic mass is 10.1. The van der Waals surface area contributed by atoms with E-state index in [9.17, 15) is 0 Å². The smallest absolute Gasteiger partial charge is 0.141 e. The summed E-state index contributed by atoms with van der Waals surface area (Å²) in [6.07, 6.45) is 2.86. The number of aliphatic imine (C=N–C) groups is 1. The quantitative estimate of drug-likeness (QED) is 0.215. The Hall–Kier alpha value is -0.940. The maximum atomic E-state index is 5.62. The van der Waals surface area contributed by atoms with Crippen molar-refractivity contribution in [3.05, 3.63) is 11.4 Å². The standard InChI is InChI=1S/C9H18N4S/c1-4-6(2)5-12-8(7(3)10)9(14)13-11/h5-6H,4,10-11H2,1-3H3,(H,13,14)/b8-7+,12-5-. The molecule has 80 valence electrons. The topological polar surface area (TPSA) is 76.4 Å². The van der Waals surface area contributed by atoms with Crippen LogP contribution in [0.3, 0.4) is 0 Å². The molecule has 0 aliphatic carbocycles. The molecule has 0 aliphatic rings. The van der Waals surface area contributed by atoms with Crippen molar-refractivity contribution in [1.29, 1.82) is 0 Å². The maximum absolute atomic E-state index is 5.62. The number of allylic oxidation sites excluding steroid dienone is 1. The molecule has 0 heterocycles. The first kappa shape index (κ1) is 13.1. The molecule has 0 aliphatic heterocycles. The summed E-state index contributed by atoms with van der Waals surface area (Å²) < 4.78 is 0. The fourth-order valence-corrected chi connectivity index (χ4v) is 0.929. The second-order valence-electron chi connectivity index (χ2n) is 3.17. The molecule has 0 saturated heterocycles. The Kier molecular flexibility index (Phi) is 6.07. The number of nitrogens with one attached hydrogen (secondary N) is 1. The van der Waals surface area contributed by atoms with Crippen LogP contribution in [0.5, 0.6) is 0 Å². The fourth-order valence-electron chi connectivity index (χ4n) is 0.715. The molecule has 4 nitrogen and oxygen atoms in total. The highest BCUT2D eigenvalue weighted by Crippen LogP contribution is 2.04. The van der Waals surface area contributed by atoms with Crippen LogP contribution in [0, 0.1) is 5.92 Å². The van der Waals surface area contributed by atoms with Gasteiger partial charge in [0.25, 0.3) is 0 Å². The van der Waals surface area contributed by atoms with Crippen molar-refractivity contribution in [1.82, 2.24) is 5.43 Å². The zero-order valence-corrected chi connectivity index (χ0v) is 9.69. The van der Waals surface area contributed by atoms with E-state index in [1.54, 1.807) is 6.92 Å². The largest absolute Gasteiger partial charge is 0.400 e. The lowest BCUT2D eigenvalue weighted by Crippen LogP contribution is -2.30. The van der Waals surface area contributed by atoms with E-state index in [-0.39, 0.29) is 0 Å². The average Bonchev–Trinajstić information content (AvgIpc) is 2.16. The normalized spacial score (nSPS) is 15.1. The fraction of sp³-hybridized carbons (Fsp3) is 0.556. The average molecular weight is 214 g/mol. The Morgan fingerprint density at radius 2 is 2.21 bits per heavy atom. The lowest BCUT2D eigenvalue weighted by Gasteiger charge is -2.06. The van der Waals surface area contributed by atoms with E-state index in [0.29, 0.717) is 22.3 Å². The molecule has 0 radical (unpaired) electrons. The molecule has 1 unspecified atom stereocenters. The lowest BCUT2D eigenvalue weighted by molar-refractivity contribution is 0.754. The molecular weight excluding hydrogens is 196 g/mol. The molecular formula is C9H18N4S. The highest BCUT2D eigenvalue weighted by Gasteiger charge is 2.04. The number of thiocarbonyl (C=S) groups is 1. The van der Waals surface area contributed by atoms with Gasteiger partial charge in [0.15, 0.2) is 0 Å². The van der Waals surface area contributed by atoms with Crippen LogP contribution in [0.4, 0.5) is 0 Å². The van der Waals surface area contributed by atoms with Gasteiger partial charge in [0.1, 0.15) is 10.7 Å². The van der Waals surface area contributed by atoms with Gasteiger partial charge < -0.3 is 11.2 Å². The van der Waals surface area contributed by atoms with Gasteiger partial charge in [-0.15, -0.1) is 0 Å². The summed E-state index contributed by atoms with van der Waals surface area (Å²) in [5, 5.41) is 0. The Labute approximate surface area is 90.4 Å². The van der Waals surface area contributed by atoms with E-state index in [0.717, 1.165) is 6.42 Å². The first-order valence-electron chi connectivity index (χ1n) is 4.54. The zero-order chi connectivity index (χ0) is 11.1. The molecule has 0 spiro atoms. The Bertz CT molecular complexity index is 254. The maximum Gasteiger partial charge on any atom is 0.141 e. The van der Waals surface area contributed by atoms with E-state index in [1.165, 1.54) is 0 Å². The van der Waals surface area contributed by atoms with E-state index < -0.39 is 0 Å². The van der Waals surface area contributed by atoms with Gasteiger partial charge in [-0.05, 0) is 19.3 Å². The Morgan fingerprint density at radius 3 is 2.57 bits per heavy atom. The second-order valence-corrected chi connectivity index (χ2v) is 3.58. The highest BCUT2D eigenvalue weighted by molar-refractivity contribution is 7.80. The van der Waals surface area contributed by atoms with Gasteiger partial charge in [-0.2, -0.15) is 0 Å². The predicted octanol–water partition coefficient (Wildman–Crippen LogP) is 1.08. The second kappa shape index (κ2) is 6.50. The Morgan fingerprint density at radius 1 is 1.64 bits per heavy atom. The van der Waals surface area contributed by atoms with Crippen LogP contribution in [0.25, 0.3) is 0 Å². The van der Waals surface area contributed by atoms with Crippen LogP contribution in [-0.2, 0) is 0 Å². The van der Waals surface area contributed by atoms with Gasteiger partial charge >= 0.3 is 0 Å². The third-order valence-corrected chi connectivity index (χ3v) is 2.13. The van der Waals surface area contributed by atoms with Crippen LogP contribution in [0.15, 0.2) is 16.4 Å². The number of nitrogens with zero attached hydrogens (tertiary/aromatic N) is 1. The van der Waals surface area contributed by atoms with Crippen molar-refractivity contribution in [3.63, 3.8) is 0 Å². The molecule has 1 atom stereocenters. The van der Waals surface area contributed by atoms with Crippen molar-refractivity contribution < 1.29 is 0 Å². The van der Waals surface area contributed by atoms with Crippen molar-refractivity contribution in [3.8, 4) is 0 Å². The zero-order valence-electron chi connectivity index (χ0n) is 8.87. The van der Waals surface area contributed by atoms with Crippen LogP contribution < -0.4 is 17.0 Å². The van der Waals surface area contributed by atoms with Crippen LogP contribution in [0.1, 0.15) is 27.2 Å². The van der Waals surface area contributed by atoms with E-state index in [4.69, 9.17) is 23.8 Å². The van der Waals surface area contributed by atoms with E-state index in [2.05, 4.69) is 24.3 Å². The van der Waals surface area contributed by atoms with Gasteiger partial charge in [-0.25, -0.2) is 5.84 Å². The minimum Gasteiger partial charge on any atom is -0.400 e. The summed E-state index contributed by atoms with van der Waals surface area (Å²) in [7, 11) is 0. The van der Waals surface area contributed by atoms with Crippen LogP contribution >= 0.6 is 12.2 Å². The molecule has 5 N–H and O–H groups in total. The number of hydrogen-bond donors (Lipinski definition) is 3. The summed E-state index contributed by atoms with van der Waals surface area (Å²) in [6.45, 7) is 5.91. The highest BCUT2D eigenvalue weighted by atomic mass is 32.1. The van der Waals surface area contributed by atoms with Gasteiger partial charge in [-0.3, -0.25) is 4.99 Å². The van der Waals surface area contributed by atoms with E-state index >= 15 is 0 Å². The molecule has 14 heavy (non-hydrogen) atoms. The molecule has 0 saturated carbocycles. The summed E-state index contributed by atoms with van der Waals surface area (Å²) in [5.74, 6) is 5.60. The molecule has 0 bridgehead atoms. The predicted molar refractivity (Wildman–Crippen MR) is 64.8 cm³/mol. The molecule has 0 fully saturated rings. The first-order chi connectivity index (χ1) is 6.52. The number of hydrogen-bond acceptors (Lipinski definition) is 4. The van der Waals surface area contributed by atoms with Gasteiger partial charge in [0, 0.05) is 11.9 Å². The van der Waals surface area contributed by atoms with Crippen LogP contribution in [-0.4, -0.2) is 11.2 Å². The van der Waals surface area contributed by atoms with Crippen molar-refractivity contribution >= 4 is 23.4 Å². The molecule has 0 amide bonds. The van der Waals surface area contributed by atoms with Gasteiger partial charge in [0.2, 0.25) is 0 Å². The summed E-state index contributed by atoms with van der Waals surface area (Å²) in [4.78, 5) is 4.58. The van der Waals surface area contributed by atoms with Crippen molar-refractivity contribution in [2.75, 3.05) is 0 Å². The third kappa shape index (κ3) is 4.34. The minimum atomic E-state index is 0.365. The number of hydrazine groups is 1. The molecule has 0 rings (SSSR count). The van der Waals surface area contributed by atoms with Crippen LogP contribution in [0.2, 0.25) is 0 Å². The molecule has 5 heteroatoms. The van der Waals surface area contributed by atoms with Crippen molar-refractivity contribution in [2.45, 2.75) is 27.2 Å². The Balaban J connectivity index is 4.65. The SMILES string of the molecule is CCC(C)/C=N\C(C(=S)NN)=C(/C)N. The summed E-state index contributed by atoms with van der Waals surface area (Å²) in [5.41, 5.74) is 9.10. The minimum absolute atomic E-state index is 0.365.